The molecule has 4 aromatic rings. The normalized spacial score (nSPS) is 15.8. The monoisotopic (exact) mass is 1100 g/mol. The number of phenolic OH excluding ortho intramolecular Hbond substituents is 1. The first-order valence-corrected chi connectivity index (χ1v) is 26.1. The number of fused-ring (bicyclic) bond motifs is 1. The van der Waals surface area contributed by atoms with E-state index in [2.05, 4.69) is 52.2 Å². The average molecular weight is 1100 g/mol. The Balaban J connectivity index is 1.35. The molecule has 2 heterocycles. The van der Waals surface area contributed by atoms with E-state index in [1.54, 1.807) is 33.8 Å². The first-order chi connectivity index (χ1) is 37.5. The molecule has 79 heavy (non-hydrogen) atoms. The Morgan fingerprint density at radius 3 is 1.86 bits per heavy atom. The summed E-state index contributed by atoms with van der Waals surface area (Å²) in [7, 11) is 0. The number of guanidine groups is 1. The number of hydrogen-bond donors (Lipinski definition) is 13. The van der Waals surface area contributed by atoms with Crippen LogP contribution in [0.2, 0.25) is 0 Å². The van der Waals surface area contributed by atoms with E-state index in [1.165, 1.54) is 41.7 Å². The van der Waals surface area contributed by atoms with Gasteiger partial charge in [0.05, 0.1) is 12.9 Å². The average Bonchev–Trinajstić information content (AvgIpc) is 4.13. The molecule has 8 atom stereocenters. The van der Waals surface area contributed by atoms with Gasteiger partial charge in [0.15, 0.2) is 5.96 Å². The third kappa shape index (κ3) is 18.3. The lowest BCUT2D eigenvalue weighted by atomic mass is 9.98. The number of carboxylic acid groups (broad SMARTS) is 1. The minimum atomic E-state index is -1.43. The third-order valence-corrected chi connectivity index (χ3v) is 13.3. The topological polar surface area (TPSA) is 395 Å². The lowest BCUT2D eigenvalue weighted by molar-refractivity contribution is -0.145. The number of aliphatic hydroxyl groups is 1. The number of aliphatic imine (C=N–C) groups is 1. The Morgan fingerprint density at radius 2 is 1.28 bits per heavy atom. The number of hydrogen-bond acceptors (Lipinski definition) is 13. The molecule has 0 saturated carbocycles. The van der Waals surface area contributed by atoms with Gasteiger partial charge >= 0.3 is 5.97 Å². The Kier molecular flexibility index (Phi) is 22.7. The molecule has 1 aromatic heterocycles. The molecule has 1 aliphatic heterocycles. The second-order valence-electron chi connectivity index (χ2n) is 20.2. The standard InChI is InChI=1S/C54H73N13O12/c1-29(2)44(65-46(71)38(12-8-20-58-54(55)56)61-48(73)42(27-68)60-31(5)69)50(75)62-39(23-32-15-18-37(70)19-16-32)47(72)66-45(30(3)4)51(76)63-40(25-36-26-57-28-59-36)52(77)67-21-9-13-43(67)49(74)64-41(53(78)79)24-33-14-17-34-10-6-7-11-35(34)22-33/h6-7,10-11,14-19,22,26,28-30,38-45,68,70H,8-9,12-13,20-21,23-25,27H2,1-5H3,(H,57,59)(H,60,69)(H,61,73)(H,62,75)(H,63,76)(H,64,74)(H,65,71)(H,66,72)(H,78,79)(H4,55,56,58)/t38-,39-,40-,41+,42-,43-,44-,45-/m0/s1. The highest BCUT2D eigenvalue weighted by atomic mass is 16.4. The number of aromatic nitrogens is 2. The zero-order valence-electron chi connectivity index (χ0n) is 44.9. The number of phenols is 1. The molecular formula is C54H73N13O12. The van der Waals surface area contributed by atoms with Crippen molar-refractivity contribution in [3.05, 3.63) is 96.1 Å². The Hall–Kier alpha value is -8.61. The molecule has 15 N–H and O–H groups in total. The van der Waals surface area contributed by atoms with Crippen molar-refractivity contribution in [3.63, 3.8) is 0 Å². The van der Waals surface area contributed by atoms with Crippen molar-refractivity contribution in [1.82, 2.24) is 52.1 Å². The number of carbonyl (C=O) groups is 9. The summed E-state index contributed by atoms with van der Waals surface area (Å²) in [6.07, 6.45) is 3.27. The lowest BCUT2D eigenvalue weighted by Crippen LogP contribution is -2.62. The smallest absolute Gasteiger partial charge is 0.326 e. The second kappa shape index (κ2) is 29.2. The van der Waals surface area contributed by atoms with Crippen LogP contribution in [0.15, 0.2) is 84.2 Å². The second-order valence-corrected chi connectivity index (χ2v) is 20.2. The predicted molar refractivity (Wildman–Crippen MR) is 290 cm³/mol. The highest BCUT2D eigenvalue weighted by Gasteiger charge is 2.41. The summed E-state index contributed by atoms with van der Waals surface area (Å²) in [5.41, 5.74) is 12.5. The minimum Gasteiger partial charge on any atom is -0.508 e. The number of carboxylic acids is 1. The van der Waals surface area contributed by atoms with Gasteiger partial charge in [-0.05, 0) is 71.6 Å². The number of imidazole rings is 1. The van der Waals surface area contributed by atoms with E-state index in [4.69, 9.17) is 11.5 Å². The van der Waals surface area contributed by atoms with Crippen LogP contribution in [0.3, 0.4) is 0 Å². The number of aromatic hydroxyl groups is 1. The summed E-state index contributed by atoms with van der Waals surface area (Å²) >= 11 is 0. The number of carbonyl (C=O) groups excluding carboxylic acids is 8. The van der Waals surface area contributed by atoms with E-state index in [0.29, 0.717) is 23.2 Å². The Labute approximate surface area is 456 Å². The Morgan fingerprint density at radius 1 is 0.696 bits per heavy atom. The van der Waals surface area contributed by atoms with Crippen LogP contribution in [0, 0.1) is 11.8 Å². The molecule has 5 rings (SSSR count). The summed E-state index contributed by atoms with van der Waals surface area (Å²) < 4.78 is 0. The molecule has 1 aliphatic rings. The number of likely N-dealkylation sites (tertiary alicyclic amines) is 1. The van der Waals surface area contributed by atoms with Crippen LogP contribution >= 0.6 is 0 Å². The fraction of sp³-hybridized carbons (Fsp3) is 0.463. The van der Waals surface area contributed by atoms with Crippen molar-refractivity contribution in [2.24, 2.45) is 28.3 Å². The molecule has 0 aliphatic carbocycles. The van der Waals surface area contributed by atoms with Gasteiger partial charge in [-0.3, -0.25) is 43.3 Å². The molecule has 1 fully saturated rings. The summed E-state index contributed by atoms with van der Waals surface area (Å²) in [5.74, 6) is -8.93. The maximum Gasteiger partial charge on any atom is 0.326 e. The number of rotatable bonds is 28. The van der Waals surface area contributed by atoms with E-state index in [1.807, 2.05) is 36.4 Å². The van der Waals surface area contributed by atoms with Crippen LogP contribution < -0.4 is 48.7 Å². The fourth-order valence-corrected chi connectivity index (χ4v) is 9.05. The van der Waals surface area contributed by atoms with Crippen LogP contribution in [-0.4, -0.2) is 157 Å². The Bertz CT molecular complexity index is 2800. The van der Waals surface area contributed by atoms with Crippen LogP contribution in [0.1, 0.15) is 77.1 Å². The molecule has 426 valence electrons. The van der Waals surface area contributed by atoms with Crippen LogP contribution in [0.4, 0.5) is 0 Å². The quantitative estimate of drug-likeness (QED) is 0.0187. The van der Waals surface area contributed by atoms with E-state index in [-0.39, 0.29) is 63.3 Å². The van der Waals surface area contributed by atoms with Crippen molar-refractivity contribution in [2.75, 3.05) is 19.7 Å². The van der Waals surface area contributed by atoms with Gasteiger partial charge in [0.2, 0.25) is 47.3 Å². The molecule has 25 heteroatoms. The number of nitrogens with two attached hydrogens (primary N) is 2. The highest BCUT2D eigenvalue weighted by molar-refractivity contribution is 5.98. The number of aromatic amines is 1. The van der Waals surface area contributed by atoms with Gasteiger partial charge in [-0.25, -0.2) is 9.78 Å². The molecule has 25 nitrogen and oxygen atoms in total. The molecule has 0 spiro atoms. The summed E-state index contributed by atoms with van der Waals surface area (Å²) in [6, 6.07) is 8.35. The van der Waals surface area contributed by atoms with Gasteiger partial charge in [-0.15, -0.1) is 0 Å². The molecule has 3 aromatic carbocycles. The summed E-state index contributed by atoms with van der Waals surface area (Å²) in [5, 5.41) is 50.2. The first-order valence-electron chi connectivity index (χ1n) is 26.1. The number of benzene rings is 3. The molecule has 0 unspecified atom stereocenters. The number of nitrogens with one attached hydrogen (secondary N) is 8. The molecular weight excluding hydrogens is 1020 g/mol. The minimum absolute atomic E-state index is 0.0250. The largest absolute Gasteiger partial charge is 0.508 e. The number of amides is 8. The highest BCUT2D eigenvalue weighted by Crippen LogP contribution is 2.22. The maximum atomic E-state index is 14.6. The van der Waals surface area contributed by atoms with Crippen molar-refractivity contribution in [2.45, 2.75) is 128 Å². The summed E-state index contributed by atoms with van der Waals surface area (Å²) in [4.78, 5) is 135. The van der Waals surface area contributed by atoms with Crippen LogP contribution in [-0.2, 0) is 62.4 Å². The SMILES string of the molecule is CC(=O)N[C@@H](CO)C(=O)N[C@@H](CCCN=C(N)N)C(=O)N[C@H](C(=O)N[C@@H](Cc1ccc(O)cc1)C(=O)N[C@H](C(=O)N[C@@H](Cc1cnc[nH]1)C(=O)N1CCC[C@H]1C(=O)N[C@H](Cc1ccc2ccccc2c1)C(=O)O)C(C)C)C(C)C. The van der Waals surface area contributed by atoms with Gasteiger partial charge in [-0.1, -0.05) is 82.3 Å². The van der Waals surface area contributed by atoms with Gasteiger partial charge < -0.3 is 73.9 Å². The van der Waals surface area contributed by atoms with Gasteiger partial charge in [-0.2, -0.15) is 0 Å². The van der Waals surface area contributed by atoms with E-state index in [0.717, 1.165) is 17.7 Å². The van der Waals surface area contributed by atoms with Crippen molar-refractivity contribution in [1.29, 1.82) is 0 Å². The third-order valence-electron chi connectivity index (χ3n) is 13.3. The van der Waals surface area contributed by atoms with Gasteiger partial charge in [0.1, 0.15) is 54.1 Å². The van der Waals surface area contributed by atoms with Crippen molar-refractivity contribution < 1.29 is 58.5 Å². The van der Waals surface area contributed by atoms with E-state index >= 15 is 0 Å². The number of H-pyrrole nitrogens is 1. The van der Waals surface area contributed by atoms with Crippen LogP contribution in [0.5, 0.6) is 5.75 Å². The van der Waals surface area contributed by atoms with Gasteiger partial charge in [0, 0.05) is 51.2 Å². The van der Waals surface area contributed by atoms with Crippen LogP contribution in [0.25, 0.3) is 10.8 Å². The fourth-order valence-electron chi connectivity index (χ4n) is 9.05. The zero-order chi connectivity index (χ0) is 57.9. The molecule has 0 bridgehead atoms. The molecule has 8 amide bonds. The number of nitrogens with zero attached hydrogens (tertiary/aromatic N) is 3. The lowest BCUT2D eigenvalue weighted by Gasteiger charge is -2.31. The predicted octanol–water partition coefficient (Wildman–Crippen LogP) is -0.857. The van der Waals surface area contributed by atoms with Gasteiger partial charge in [0.25, 0.3) is 0 Å². The molecule has 1 saturated heterocycles. The summed E-state index contributed by atoms with van der Waals surface area (Å²) in [6.45, 7) is 7.09. The molecule has 0 radical (unpaired) electrons. The van der Waals surface area contributed by atoms with Crippen molar-refractivity contribution in [3.8, 4) is 5.75 Å². The number of aliphatic hydroxyl groups excluding tert-OH is 1. The maximum absolute atomic E-state index is 14.6. The first kappa shape index (κ1) is 61.2. The van der Waals surface area contributed by atoms with E-state index in [9.17, 15) is 58.5 Å². The zero-order valence-corrected chi connectivity index (χ0v) is 44.9. The number of aliphatic carboxylic acids is 1. The van der Waals surface area contributed by atoms with Crippen molar-refractivity contribution >= 4 is 70.0 Å². The van der Waals surface area contributed by atoms with E-state index < -0.39 is 120 Å².